The zero-order valence-corrected chi connectivity index (χ0v) is 14.6. The van der Waals surface area contributed by atoms with Crippen molar-refractivity contribution in [1.29, 1.82) is 0 Å². The minimum Gasteiger partial charge on any atom is -0.493 e. The molecule has 0 spiro atoms. The first-order valence-electron chi connectivity index (χ1n) is 7.77. The van der Waals surface area contributed by atoms with Crippen LogP contribution in [0.3, 0.4) is 0 Å². The number of anilines is 1. The summed E-state index contributed by atoms with van der Waals surface area (Å²) in [5.41, 5.74) is 0.750. The summed E-state index contributed by atoms with van der Waals surface area (Å²) < 4.78 is 15.6. The van der Waals surface area contributed by atoms with Crippen LogP contribution < -0.4 is 14.8 Å². The molecule has 8 nitrogen and oxygen atoms in total. The molecule has 0 aliphatic heterocycles. The second-order valence-electron chi connectivity index (χ2n) is 5.14. The van der Waals surface area contributed by atoms with E-state index in [1.54, 1.807) is 39.2 Å². The second-order valence-corrected chi connectivity index (χ2v) is 5.14. The normalized spacial score (nSPS) is 12.0. The third-order valence-corrected chi connectivity index (χ3v) is 3.16. The minimum absolute atomic E-state index is 0.332. The maximum absolute atomic E-state index is 12.0. The van der Waals surface area contributed by atoms with Gasteiger partial charge in [0.25, 0.3) is 5.91 Å². The summed E-state index contributed by atoms with van der Waals surface area (Å²) in [6, 6.07) is 6.97. The highest BCUT2D eigenvalue weighted by atomic mass is 16.6. The summed E-state index contributed by atoms with van der Waals surface area (Å²) in [4.78, 5) is 17.1. The van der Waals surface area contributed by atoms with E-state index in [9.17, 15) is 4.79 Å². The molecule has 0 saturated heterocycles. The standard InChI is InChI=1S/C17H21N3O5/c1-5-23-14-7-6-13(9-15(14)22-4)10-18-25-12(3)17(21)19-16-8-11(2)24-20-16/h6-10,12H,5H2,1-4H3,(H,19,20,21)/b18-10+. The van der Waals surface area contributed by atoms with Crippen LogP contribution >= 0.6 is 0 Å². The average Bonchev–Trinajstić information content (AvgIpc) is 3.00. The van der Waals surface area contributed by atoms with Crippen molar-refractivity contribution in [3.05, 3.63) is 35.6 Å². The summed E-state index contributed by atoms with van der Waals surface area (Å²) >= 11 is 0. The van der Waals surface area contributed by atoms with Gasteiger partial charge in [-0.1, -0.05) is 10.3 Å². The Morgan fingerprint density at radius 3 is 2.84 bits per heavy atom. The number of aromatic nitrogens is 1. The van der Waals surface area contributed by atoms with Crippen molar-refractivity contribution in [2.75, 3.05) is 19.0 Å². The molecule has 8 heteroatoms. The van der Waals surface area contributed by atoms with Crippen molar-refractivity contribution in [1.82, 2.24) is 5.16 Å². The lowest BCUT2D eigenvalue weighted by Gasteiger charge is -2.10. The molecule has 1 unspecified atom stereocenters. The number of aryl methyl sites for hydroxylation is 1. The summed E-state index contributed by atoms with van der Waals surface area (Å²) in [6.07, 6.45) is 0.695. The number of amides is 1. The molecule has 0 saturated carbocycles. The Balaban J connectivity index is 1.92. The van der Waals surface area contributed by atoms with Gasteiger partial charge in [-0.2, -0.15) is 0 Å². The monoisotopic (exact) mass is 347 g/mol. The molecule has 1 N–H and O–H groups in total. The van der Waals surface area contributed by atoms with E-state index in [4.69, 9.17) is 18.8 Å². The van der Waals surface area contributed by atoms with Crippen LogP contribution in [-0.4, -0.2) is 37.1 Å². The fourth-order valence-electron chi connectivity index (χ4n) is 1.92. The number of hydrogen-bond acceptors (Lipinski definition) is 7. The number of oxime groups is 1. The Hall–Kier alpha value is -3.03. The number of carbonyl (C=O) groups is 1. The third-order valence-electron chi connectivity index (χ3n) is 3.16. The maximum Gasteiger partial charge on any atom is 0.269 e. The van der Waals surface area contributed by atoms with E-state index in [0.717, 1.165) is 5.56 Å². The molecule has 1 aromatic carbocycles. The lowest BCUT2D eigenvalue weighted by atomic mass is 10.2. The smallest absolute Gasteiger partial charge is 0.269 e. The summed E-state index contributed by atoms with van der Waals surface area (Å²) in [6.45, 7) is 5.76. The predicted molar refractivity (Wildman–Crippen MR) is 92.2 cm³/mol. The Bertz CT molecular complexity index is 742. The molecule has 0 bridgehead atoms. The zero-order chi connectivity index (χ0) is 18.2. The Morgan fingerprint density at radius 2 is 2.20 bits per heavy atom. The van der Waals surface area contributed by atoms with Crippen LogP contribution in [0, 0.1) is 6.92 Å². The fraction of sp³-hybridized carbons (Fsp3) is 0.353. The van der Waals surface area contributed by atoms with Crippen molar-refractivity contribution in [2.45, 2.75) is 26.9 Å². The molecule has 1 amide bonds. The van der Waals surface area contributed by atoms with Crippen LogP contribution in [-0.2, 0) is 9.63 Å². The first kappa shape index (κ1) is 18.3. The van der Waals surface area contributed by atoms with Gasteiger partial charge < -0.3 is 24.2 Å². The van der Waals surface area contributed by atoms with Crippen LogP contribution in [0.25, 0.3) is 0 Å². The van der Waals surface area contributed by atoms with E-state index in [1.807, 2.05) is 13.0 Å². The van der Waals surface area contributed by atoms with Crippen molar-refractivity contribution < 1.29 is 23.6 Å². The first-order chi connectivity index (χ1) is 12.0. The van der Waals surface area contributed by atoms with Crippen LogP contribution in [0.1, 0.15) is 25.2 Å². The highest BCUT2D eigenvalue weighted by Crippen LogP contribution is 2.27. The Kier molecular flexibility index (Phi) is 6.39. The van der Waals surface area contributed by atoms with Gasteiger partial charge in [-0.25, -0.2) is 0 Å². The molecular formula is C17H21N3O5. The largest absolute Gasteiger partial charge is 0.493 e. The van der Waals surface area contributed by atoms with Gasteiger partial charge in [-0.3, -0.25) is 4.79 Å². The zero-order valence-electron chi connectivity index (χ0n) is 14.6. The average molecular weight is 347 g/mol. The molecule has 25 heavy (non-hydrogen) atoms. The molecule has 1 aromatic heterocycles. The van der Waals surface area contributed by atoms with Gasteiger partial charge in [-0.05, 0) is 39.0 Å². The van der Waals surface area contributed by atoms with Crippen molar-refractivity contribution in [2.24, 2.45) is 5.16 Å². The fourth-order valence-corrected chi connectivity index (χ4v) is 1.92. The quantitative estimate of drug-likeness (QED) is 0.583. The summed E-state index contributed by atoms with van der Waals surface area (Å²) in [7, 11) is 1.56. The van der Waals surface area contributed by atoms with Gasteiger partial charge in [0.05, 0.1) is 19.9 Å². The van der Waals surface area contributed by atoms with Gasteiger partial charge in [-0.15, -0.1) is 0 Å². The Morgan fingerprint density at radius 1 is 1.40 bits per heavy atom. The van der Waals surface area contributed by atoms with Crippen LogP contribution in [0.4, 0.5) is 5.82 Å². The lowest BCUT2D eigenvalue weighted by molar-refractivity contribution is -0.126. The van der Waals surface area contributed by atoms with E-state index in [-0.39, 0.29) is 5.91 Å². The molecule has 0 aliphatic carbocycles. The van der Waals surface area contributed by atoms with E-state index in [2.05, 4.69) is 15.6 Å². The van der Waals surface area contributed by atoms with Crippen LogP contribution in [0.15, 0.2) is 33.9 Å². The molecule has 2 aromatic rings. The van der Waals surface area contributed by atoms with Gasteiger partial charge in [0.2, 0.25) is 6.10 Å². The van der Waals surface area contributed by atoms with Crippen molar-refractivity contribution in [3.8, 4) is 11.5 Å². The van der Waals surface area contributed by atoms with Crippen molar-refractivity contribution >= 4 is 17.9 Å². The molecular weight excluding hydrogens is 326 g/mol. The van der Waals surface area contributed by atoms with Crippen LogP contribution in [0.2, 0.25) is 0 Å². The van der Waals surface area contributed by atoms with Gasteiger partial charge in [0.1, 0.15) is 5.76 Å². The van der Waals surface area contributed by atoms with E-state index in [0.29, 0.717) is 29.7 Å². The number of nitrogens with one attached hydrogen (secondary N) is 1. The van der Waals surface area contributed by atoms with Crippen LogP contribution in [0.5, 0.6) is 11.5 Å². The van der Waals surface area contributed by atoms with Gasteiger partial charge >= 0.3 is 0 Å². The number of nitrogens with zero attached hydrogens (tertiary/aromatic N) is 2. The van der Waals surface area contributed by atoms with E-state index in [1.165, 1.54) is 6.21 Å². The third kappa shape index (κ3) is 5.23. The summed E-state index contributed by atoms with van der Waals surface area (Å²) in [5.74, 6) is 1.80. The van der Waals surface area contributed by atoms with E-state index < -0.39 is 6.10 Å². The number of benzene rings is 1. The molecule has 1 atom stereocenters. The topological polar surface area (TPSA) is 95.2 Å². The number of ether oxygens (including phenoxy) is 2. The molecule has 1 heterocycles. The lowest BCUT2D eigenvalue weighted by Crippen LogP contribution is -2.26. The predicted octanol–water partition coefficient (Wildman–Crippen LogP) is 2.77. The number of rotatable bonds is 8. The molecule has 0 radical (unpaired) electrons. The van der Waals surface area contributed by atoms with Gasteiger partial charge in [0.15, 0.2) is 17.3 Å². The maximum atomic E-state index is 12.0. The van der Waals surface area contributed by atoms with E-state index >= 15 is 0 Å². The second kappa shape index (κ2) is 8.72. The van der Waals surface area contributed by atoms with Gasteiger partial charge in [0, 0.05) is 11.6 Å². The molecule has 0 fully saturated rings. The summed E-state index contributed by atoms with van der Waals surface area (Å²) in [5, 5.41) is 10.1. The minimum atomic E-state index is -0.794. The number of hydrogen-bond donors (Lipinski definition) is 1. The highest BCUT2D eigenvalue weighted by molar-refractivity contribution is 5.93. The molecule has 2 rings (SSSR count). The van der Waals surface area contributed by atoms with Crippen molar-refractivity contribution in [3.63, 3.8) is 0 Å². The SMILES string of the molecule is CCOc1ccc(/C=N/OC(C)C(=O)Nc2cc(C)on2)cc1OC. The molecule has 134 valence electrons. The number of methoxy groups -OCH3 is 1. The Labute approximate surface area is 145 Å². The number of carbonyl (C=O) groups excluding carboxylic acids is 1. The highest BCUT2D eigenvalue weighted by Gasteiger charge is 2.15. The first-order valence-corrected chi connectivity index (χ1v) is 7.77. The molecule has 0 aliphatic rings.